The molecule has 1 aromatic carbocycles. The van der Waals surface area contributed by atoms with E-state index in [-0.39, 0.29) is 11.9 Å². The fraction of sp³-hybridized carbons (Fsp3) is 0.182. The van der Waals surface area contributed by atoms with Gasteiger partial charge in [-0.25, -0.2) is 4.98 Å². The van der Waals surface area contributed by atoms with E-state index in [9.17, 15) is 4.79 Å². The molecule has 27 heavy (non-hydrogen) atoms. The number of hydrogen-bond acceptors (Lipinski definition) is 3. The Hall–Kier alpha value is -2.92. The van der Waals surface area contributed by atoms with Gasteiger partial charge in [0.15, 0.2) is 0 Å². The number of aryl methyl sites for hydroxylation is 1. The van der Waals surface area contributed by atoms with Crippen molar-refractivity contribution in [3.63, 3.8) is 0 Å². The molecule has 0 saturated carbocycles. The number of thiophene rings is 1. The molecule has 4 rings (SSSR count). The molecule has 0 fully saturated rings. The van der Waals surface area contributed by atoms with Gasteiger partial charge in [-0.1, -0.05) is 30.3 Å². The van der Waals surface area contributed by atoms with Crippen molar-refractivity contribution in [2.75, 3.05) is 0 Å². The molecule has 3 heterocycles. The first-order valence-electron chi connectivity index (χ1n) is 9.08. The van der Waals surface area contributed by atoms with Gasteiger partial charge < -0.3 is 9.88 Å². The van der Waals surface area contributed by atoms with E-state index in [1.807, 2.05) is 59.4 Å². The smallest absolute Gasteiger partial charge is 0.263 e. The van der Waals surface area contributed by atoms with Crippen molar-refractivity contribution >= 4 is 27.5 Å². The Balaban J connectivity index is 1.55. The summed E-state index contributed by atoms with van der Waals surface area (Å²) >= 11 is 1.44. The first-order valence-corrected chi connectivity index (χ1v) is 9.89. The van der Waals surface area contributed by atoms with E-state index in [4.69, 9.17) is 0 Å². The van der Waals surface area contributed by atoms with E-state index in [1.54, 1.807) is 6.20 Å². The molecule has 0 aliphatic heterocycles. The van der Waals surface area contributed by atoms with Gasteiger partial charge in [-0.05, 0) is 49.6 Å². The lowest BCUT2D eigenvalue weighted by molar-refractivity contribution is 0.0942. The fourth-order valence-electron chi connectivity index (χ4n) is 3.20. The number of amides is 1. The third-order valence-electron chi connectivity index (χ3n) is 4.60. The summed E-state index contributed by atoms with van der Waals surface area (Å²) in [4.78, 5) is 19.0. The van der Waals surface area contributed by atoms with Crippen molar-refractivity contribution in [1.29, 1.82) is 0 Å². The monoisotopic (exact) mass is 375 g/mol. The average Bonchev–Trinajstić information content (AvgIpc) is 3.34. The van der Waals surface area contributed by atoms with Gasteiger partial charge in [-0.15, -0.1) is 11.3 Å². The van der Waals surface area contributed by atoms with Gasteiger partial charge in [0.2, 0.25) is 0 Å². The maximum Gasteiger partial charge on any atom is 0.263 e. The van der Waals surface area contributed by atoms with Crippen LogP contribution in [0.1, 0.15) is 28.6 Å². The van der Waals surface area contributed by atoms with Gasteiger partial charge in [-0.3, -0.25) is 4.79 Å². The largest absolute Gasteiger partial charge is 0.349 e. The lowest BCUT2D eigenvalue weighted by Crippen LogP contribution is -2.32. The van der Waals surface area contributed by atoms with Crippen LogP contribution in [-0.4, -0.2) is 21.5 Å². The van der Waals surface area contributed by atoms with Gasteiger partial charge >= 0.3 is 0 Å². The molecular formula is C22H21N3OS. The van der Waals surface area contributed by atoms with Crippen LogP contribution in [0.25, 0.3) is 15.9 Å². The molecule has 0 aliphatic rings. The number of carbonyl (C=O) groups excluding carboxylic acids is 1. The van der Waals surface area contributed by atoms with E-state index in [0.717, 1.165) is 28.7 Å². The Morgan fingerprint density at radius 3 is 2.67 bits per heavy atom. The zero-order valence-corrected chi connectivity index (χ0v) is 15.9. The average molecular weight is 375 g/mol. The van der Waals surface area contributed by atoms with Crippen molar-refractivity contribution in [3.05, 3.63) is 83.6 Å². The second-order valence-electron chi connectivity index (χ2n) is 6.63. The molecule has 3 aromatic heterocycles. The first kappa shape index (κ1) is 17.5. The van der Waals surface area contributed by atoms with Crippen LogP contribution in [0.4, 0.5) is 0 Å². The number of benzene rings is 1. The molecule has 4 nitrogen and oxygen atoms in total. The summed E-state index contributed by atoms with van der Waals surface area (Å²) < 4.78 is 1.99. The molecular weight excluding hydrogens is 354 g/mol. The van der Waals surface area contributed by atoms with Crippen LogP contribution in [0.5, 0.6) is 0 Å². The molecule has 1 N–H and O–H groups in total. The number of fused-ring (bicyclic) bond motifs is 1. The van der Waals surface area contributed by atoms with Crippen LogP contribution >= 0.6 is 11.3 Å². The zero-order chi connectivity index (χ0) is 18.6. The molecule has 4 aromatic rings. The Kier molecular flexibility index (Phi) is 5.03. The normalized spacial score (nSPS) is 12.2. The first-order chi connectivity index (χ1) is 13.2. The van der Waals surface area contributed by atoms with Crippen LogP contribution < -0.4 is 5.32 Å². The second kappa shape index (κ2) is 7.76. The molecule has 1 atom stereocenters. The molecule has 0 aliphatic carbocycles. The summed E-state index contributed by atoms with van der Waals surface area (Å²) in [5.41, 5.74) is 2.19. The quantitative estimate of drug-likeness (QED) is 0.524. The molecule has 0 bridgehead atoms. The lowest BCUT2D eigenvalue weighted by Gasteiger charge is -2.14. The summed E-state index contributed by atoms with van der Waals surface area (Å²) in [6.45, 7) is 2.06. The third kappa shape index (κ3) is 3.78. The van der Waals surface area contributed by atoms with Gasteiger partial charge in [0.25, 0.3) is 5.91 Å². The van der Waals surface area contributed by atoms with E-state index in [2.05, 4.69) is 29.4 Å². The Morgan fingerprint density at radius 2 is 1.89 bits per heavy atom. The van der Waals surface area contributed by atoms with Gasteiger partial charge in [0.1, 0.15) is 9.71 Å². The topological polar surface area (TPSA) is 46.9 Å². The number of hydrogen-bond donors (Lipinski definition) is 1. The van der Waals surface area contributed by atoms with Crippen LogP contribution in [-0.2, 0) is 6.42 Å². The van der Waals surface area contributed by atoms with Crippen LogP contribution in [0.15, 0.2) is 73.2 Å². The third-order valence-corrected chi connectivity index (χ3v) is 5.70. The SMILES string of the molecule is CC(CCc1ccccc1)NC(=O)c1sc2ncccc2c1-n1cccc1. The zero-order valence-electron chi connectivity index (χ0n) is 15.1. The minimum Gasteiger partial charge on any atom is -0.349 e. The van der Waals surface area contributed by atoms with Gasteiger partial charge in [0.05, 0.1) is 5.69 Å². The predicted octanol–water partition coefficient (Wildman–Crippen LogP) is 4.84. The van der Waals surface area contributed by atoms with Crippen LogP contribution in [0, 0.1) is 0 Å². The molecule has 136 valence electrons. The molecule has 1 amide bonds. The summed E-state index contributed by atoms with van der Waals surface area (Å²) in [6, 6.07) is 18.3. The fourth-order valence-corrected chi connectivity index (χ4v) is 4.25. The highest BCUT2D eigenvalue weighted by Gasteiger charge is 2.21. The highest BCUT2D eigenvalue weighted by Crippen LogP contribution is 2.33. The Bertz CT molecular complexity index is 1040. The Labute approximate surface area is 162 Å². The second-order valence-corrected chi connectivity index (χ2v) is 7.62. The number of nitrogens with one attached hydrogen (secondary N) is 1. The van der Waals surface area contributed by atoms with Crippen LogP contribution in [0.2, 0.25) is 0 Å². The number of nitrogens with zero attached hydrogens (tertiary/aromatic N) is 2. The standard InChI is InChI=1S/C22H21N3OS/c1-16(11-12-17-8-3-2-4-9-17)24-21(26)20-19(25-14-5-6-15-25)18-10-7-13-23-22(18)27-20/h2-10,13-16H,11-12H2,1H3,(H,24,26). The van der Waals surface area contributed by atoms with E-state index in [1.165, 1.54) is 16.9 Å². The highest BCUT2D eigenvalue weighted by atomic mass is 32.1. The summed E-state index contributed by atoms with van der Waals surface area (Å²) in [5.74, 6) is -0.0396. The number of rotatable bonds is 6. The maximum absolute atomic E-state index is 13.0. The van der Waals surface area contributed by atoms with Crippen molar-refractivity contribution in [2.24, 2.45) is 0 Å². The van der Waals surface area contributed by atoms with Gasteiger partial charge in [0, 0.05) is 30.0 Å². The minimum absolute atomic E-state index is 0.0396. The van der Waals surface area contributed by atoms with Crippen molar-refractivity contribution in [1.82, 2.24) is 14.9 Å². The summed E-state index contributed by atoms with van der Waals surface area (Å²) in [7, 11) is 0. The molecule has 0 saturated heterocycles. The maximum atomic E-state index is 13.0. The lowest BCUT2D eigenvalue weighted by atomic mass is 10.1. The summed E-state index contributed by atoms with van der Waals surface area (Å²) in [5, 5.41) is 4.16. The predicted molar refractivity (Wildman–Crippen MR) is 111 cm³/mol. The molecule has 0 radical (unpaired) electrons. The number of aromatic nitrogens is 2. The van der Waals surface area contributed by atoms with Crippen molar-refractivity contribution in [2.45, 2.75) is 25.8 Å². The highest BCUT2D eigenvalue weighted by molar-refractivity contribution is 7.21. The van der Waals surface area contributed by atoms with Crippen molar-refractivity contribution in [3.8, 4) is 5.69 Å². The van der Waals surface area contributed by atoms with Crippen LogP contribution in [0.3, 0.4) is 0 Å². The van der Waals surface area contributed by atoms with Crippen molar-refractivity contribution < 1.29 is 4.79 Å². The number of carbonyl (C=O) groups is 1. The van der Waals surface area contributed by atoms with E-state index < -0.39 is 0 Å². The summed E-state index contributed by atoms with van der Waals surface area (Å²) in [6.07, 6.45) is 7.54. The molecule has 0 spiro atoms. The van der Waals surface area contributed by atoms with Gasteiger partial charge in [-0.2, -0.15) is 0 Å². The number of pyridine rings is 1. The Morgan fingerprint density at radius 1 is 1.11 bits per heavy atom. The van der Waals surface area contributed by atoms with E-state index >= 15 is 0 Å². The van der Waals surface area contributed by atoms with E-state index in [0.29, 0.717) is 4.88 Å². The molecule has 5 heteroatoms. The minimum atomic E-state index is -0.0396. The molecule has 1 unspecified atom stereocenters.